The molecule has 1 aromatic carbocycles. The van der Waals surface area contributed by atoms with Crippen molar-refractivity contribution in [2.75, 3.05) is 19.0 Å². The first kappa shape index (κ1) is 14.5. The molecule has 106 valence electrons. The van der Waals surface area contributed by atoms with Crippen molar-refractivity contribution < 1.29 is 14.6 Å². The largest absolute Gasteiger partial charge is 0.478 e. The van der Waals surface area contributed by atoms with Crippen LogP contribution in [-0.2, 0) is 11.3 Å². The van der Waals surface area contributed by atoms with E-state index in [1.54, 1.807) is 36.2 Å². The van der Waals surface area contributed by atoms with E-state index in [0.29, 0.717) is 17.6 Å². The van der Waals surface area contributed by atoms with Gasteiger partial charge in [0.2, 0.25) is 0 Å². The molecule has 1 aromatic heterocycles. The van der Waals surface area contributed by atoms with Gasteiger partial charge in [0.05, 0.1) is 30.6 Å². The molecule has 0 saturated carbocycles. The van der Waals surface area contributed by atoms with Gasteiger partial charge in [0.25, 0.3) is 0 Å². The molecule has 0 aliphatic heterocycles. The van der Waals surface area contributed by atoms with Gasteiger partial charge in [0, 0.05) is 23.5 Å². The van der Waals surface area contributed by atoms with Crippen LogP contribution in [0.2, 0.25) is 0 Å². The monoisotopic (exact) mass is 339 g/mol. The summed E-state index contributed by atoms with van der Waals surface area (Å²) in [5.74, 6) is -0.962. The molecule has 2 rings (SSSR count). The molecule has 2 aromatic rings. The van der Waals surface area contributed by atoms with Crippen LogP contribution >= 0.6 is 15.9 Å². The summed E-state index contributed by atoms with van der Waals surface area (Å²) in [6.07, 6.45) is 3.56. The Morgan fingerprint density at radius 2 is 2.30 bits per heavy atom. The summed E-state index contributed by atoms with van der Waals surface area (Å²) < 4.78 is 7.28. The third kappa shape index (κ3) is 3.58. The van der Waals surface area contributed by atoms with Crippen LogP contribution in [0.1, 0.15) is 10.4 Å². The van der Waals surface area contributed by atoms with Crippen molar-refractivity contribution in [1.29, 1.82) is 0 Å². The van der Waals surface area contributed by atoms with E-state index in [0.717, 1.165) is 11.4 Å². The number of halogens is 1. The fourth-order valence-corrected chi connectivity index (χ4v) is 2.22. The third-order valence-corrected chi connectivity index (χ3v) is 3.30. The maximum atomic E-state index is 10.9. The average molecular weight is 340 g/mol. The Morgan fingerprint density at radius 1 is 1.50 bits per heavy atom. The molecular weight excluding hydrogens is 326 g/mol. The van der Waals surface area contributed by atoms with Crippen molar-refractivity contribution in [3.63, 3.8) is 0 Å². The van der Waals surface area contributed by atoms with E-state index < -0.39 is 5.97 Å². The second-order valence-corrected chi connectivity index (χ2v) is 4.96. The lowest BCUT2D eigenvalue weighted by atomic mass is 10.2. The predicted molar refractivity (Wildman–Crippen MR) is 78.5 cm³/mol. The molecule has 0 unspecified atom stereocenters. The Bertz CT molecular complexity index is 613. The van der Waals surface area contributed by atoms with Crippen molar-refractivity contribution in [3.05, 3.63) is 40.6 Å². The number of aromatic nitrogens is 2. The van der Waals surface area contributed by atoms with E-state index in [-0.39, 0.29) is 5.56 Å². The number of benzene rings is 1. The number of carboxylic acid groups (broad SMARTS) is 1. The highest BCUT2D eigenvalue weighted by atomic mass is 79.9. The number of anilines is 2. The SMILES string of the molecule is COCCn1cc(Nc2ccc(C(=O)O)c(Br)c2)cn1. The molecule has 0 aliphatic rings. The van der Waals surface area contributed by atoms with Crippen molar-refractivity contribution in [2.24, 2.45) is 0 Å². The number of ether oxygens (including phenoxy) is 1. The van der Waals surface area contributed by atoms with Crippen molar-refractivity contribution in [3.8, 4) is 0 Å². The summed E-state index contributed by atoms with van der Waals surface area (Å²) in [6, 6.07) is 4.97. The van der Waals surface area contributed by atoms with E-state index in [4.69, 9.17) is 9.84 Å². The maximum Gasteiger partial charge on any atom is 0.336 e. The predicted octanol–water partition coefficient (Wildman–Crippen LogP) is 2.73. The Labute approximate surface area is 124 Å². The molecule has 1 heterocycles. The van der Waals surface area contributed by atoms with Gasteiger partial charge in [-0.25, -0.2) is 4.79 Å². The smallest absolute Gasteiger partial charge is 0.336 e. The topological polar surface area (TPSA) is 76.4 Å². The highest BCUT2D eigenvalue weighted by molar-refractivity contribution is 9.10. The number of aromatic carboxylic acids is 1. The van der Waals surface area contributed by atoms with Crippen LogP contribution in [0.15, 0.2) is 35.1 Å². The van der Waals surface area contributed by atoms with E-state index in [2.05, 4.69) is 26.3 Å². The van der Waals surface area contributed by atoms with Gasteiger partial charge < -0.3 is 15.2 Å². The van der Waals surface area contributed by atoms with Crippen LogP contribution < -0.4 is 5.32 Å². The number of hydrogen-bond donors (Lipinski definition) is 2. The first-order chi connectivity index (χ1) is 9.60. The lowest BCUT2D eigenvalue weighted by Crippen LogP contribution is -2.03. The summed E-state index contributed by atoms with van der Waals surface area (Å²) in [6.45, 7) is 1.28. The number of nitrogens with one attached hydrogen (secondary N) is 1. The molecule has 2 N–H and O–H groups in total. The average Bonchev–Trinajstić information content (AvgIpc) is 2.83. The van der Waals surface area contributed by atoms with Gasteiger partial charge in [-0.05, 0) is 34.1 Å². The van der Waals surface area contributed by atoms with Gasteiger partial charge in [-0.1, -0.05) is 0 Å². The third-order valence-electron chi connectivity index (χ3n) is 2.65. The highest BCUT2D eigenvalue weighted by Gasteiger charge is 2.08. The fraction of sp³-hybridized carbons (Fsp3) is 0.231. The van der Waals surface area contributed by atoms with E-state index in [1.807, 2.05) is 6.20 Å². The number of carbonyl (C=O) groups is 1. The Balaban J connectivity index is 2.08. The lowest BCUT2D eigenvalue weighted by molar-refractivity contribution is 0.0696. The van der Waals surface area contributed by atoms with Crippen LogP contribution in [0.5, 0.6) is 0 Å². The minimum atomic E-state index is -0.962. The van der Waals surface area contributed by atoms with Crippen LogP contribution in [0.25, 0.3) is 0 Å². The van der Waals surface area contributed by atoms with Crippen LogP contribution in [0.4, 0.5) is 11.4 Å². The zero-order chi connectivity index (χ0) is 14.5. The summed E-state index contributed by atoms with van der Waals surface area (Å²) in [5, 5.41) is 16.3. The number of rotatable bonds is 6. The molecule has 7 heteroatoms. The zero-order valence-electron chi connectivity index (χ0n) is 10.8. The van der Waals surface area contributed by atoms with E-state index in [1.165, 1.54) is 0 Å². The van der Waals surface area contributed by atoms with Crippen molar-refractivity contribution in [1.82, 2.24) is 9.78 Å². The molecule has 0 atom stereocenters. The van der Waals surface area contributed by atoms with Crippen LogP contribution in [-0.4, -0.2) is 34.6 Å². The molecule has 0 radical (unpaired) electrons. The minimum absolute atomic E-state index is 0.228. The number of hydrogen-bond acceptors (Lipinski definition) is 4. The summed E-state index contributed by atoms with van der Waals surface area (Å²) in [5.41, 5.74) is 1.84. The Hall–Kier alpha value is -1.86. The second kappa shape index (κ2) is 6.53. The maximum absolute atomic E-state index is 10.9. The standard InChI is InChI=1S/C13H14BrN3O3/c1-20-5-4-17-8-10(7-15-17)16-9-2-3-11(13(18)19)12(14)6-9/h2-3,6-8,16H,4-5H2,1H3,(H,18,19). The number of nitrogens with zero attached hydrogens (tertiary/aromatic N) is 2. The van der Waals surface area contributed by atoms with Crippen molar-refractivity contribution >= 4 is 33.3 Å². The molecule has 0 saturated heterocycles. The Morgan fingerprint density at radius 3 is 2.95 bits per heavy atom. The molecule has 0 bridgehead atoms. The van der Waals surface area contributed by atoms with Crippen LogP contribution in [0.3, 0.4) is 0 Å². The zero-order valence-corrected chi connectivity index (χ0v) is 12.4. The van der Waals surface area contributed by atoms with E-state index >= 15 is 0 Å². The molecule has 20 heavy (non-hydrogen) atoms. The fourth-order valence-electron chi connectivity index (χ4n) is 1.67. The Kier molecular flexibility index (Phi) is 4.75. The van der Waals surface area contributed by atoms with E-state index in [9.17, 15) is 4.79 Å². The molecule has 0 spiro atoms. The van der Waals surface area contributed by atoms with Gasteiger partial charge in [-0.15, -0.1) is 0 Å². The summed E-state index contributed by atoms with van der Waals surface area (Å²) in [7, 11) is 1.64. The van der Waals surface area contributed by atoms with Gasteiger partial charge in [0.15, 0.2) is 0 Å². The first-order valence-electron chi connectivity index (χ1n) is 5.91. The summed E-state index contributed by atoms with van der Waals surface area (Å²) >= 11 is 3.24. The minimum Gasteiger partial charge on any atom is -0.478 e. The van der Waals surface area contributed by atoms with Gasteiger partial charge >= 0.3 is 5.97 Å². The first-order valence-corrected chi connectivity index (χ1v) is 6.70. The summed E-state index contributed by atoms with van der Waals surface area (Å²) in [4.78, 5) is 10.9. The van der Waals surface area contributed by atoms with Gasteiger partial charge in [-0.3, -0.25) is 4.68 Å². The molecular formula is C13H14BrN3O3. The number of methoxy groups -OCH3 is 1. The van der Waals surface area contributed by atoms with Gasteiger partial charge in [-0.2, -0.15) is 5.10 Å². The highest BCUT2D eigenvalue weighted by Crippen LogP contribution is 2.24. The van der Waals surface area contributed by atoms with Crippen LogP contribution in [0, 0.1) is 0 Å². The lowest BCUT2D eigenvalue weighted by Gasteiger charge is -2.06. The van der Waals surface area contributed by atoms with Crippen molar-refractivity contribution in [2.45, 2.75) is 6.54 Å². The quantitative estimate of drug-likeness (QED) is 0.846. The normalized spacial score (nSPS) is 10.5. The second-order valence-electron chi connectivity index (χ2n) is 4.11. The molecule has 0 aliphatic carbocycles. The molecule has 0 fully saturated rings. The molecule has 0 amide bonds. The number of carboxylic acids is 1. The van der Waals surface area contributed by atoms with Gasteiger partial charge in [0.1, 0.15) is 0 Å². The molecule has 6 nitrogen and oxygen atoms in total.